The zero-order chi connectivity index (χ0) is 19.4. The third kappa shape index (κ3) is 4.85. The van der Waals surface area contributed by atoms with Gasteiger partial charge in [0.25, 0.3) is 0 Å². The maximum absolute atomic E-state index is 12.8. The van der Waals surface area contributed by atoms with Crippen molar-refractivity contribution in [1.82, 2.24) is 9.21 Å². The van der Waals surface area contributed by atoms with Crippen LogP contribution in [0.25, 0.3) is 0 Å². The van der Waals surface area contributed by atoms with E-state index in [9.17, 15) is 13.2 Å². The van der Waals surface area contributed by atoms with Crippen LogP contribution in [-0.4, -0.2) is 55.0 Å². The molecule has 1 aliphatic heterocycles. The van der Waals surface area contributed by atoms with Gasteiger partial charge in [0.15, 0.2) is 0 Å². The second kappa shape index (κ2) is 8.65. The van der Waals surface area contributed by atoms with Crippen LogP contribution in [-0.2, 0) is 14.8 Å². The van der Waals surface area contributed by atoms with Crippen LogP contribution in [0.2, 0.25) is 5.02 Å². The minimum absolute atomic E-state index is 0.0312. The molecule has 2 aromatic rings. The molecule has 0 saturated carbocycles. The van der Waals surface area contributed by atoms with Crippen molar-refractivity contribution in [2.45, 2.75) is 22.0 Å². The molecule has 3 rings (SSSR count). The number of piperazine rings is 1. The van der Waals surface area contributed by atoms with E-state index < -0.39 is 10.0 Å². The molecule has 0 aromatic heterocycles. The fourth-order valence-corrected chi connectivity index (χ4v) is 5.63. The van der Waals surface area contributed by atoms with Gasteiger partial charge in [0.05, 0.1) is 10.1 Å². The number of halogens is 1. The molecule has 27 heavy (non-hydrogen) atoms. The molecular weight excluding hydrogens is 404 g/mol. The quantitative estimate of drug-likeness (QED) is 0.690. The van der Waals surface area contributed by atoms with Crippen molar-refractivity contribution in [3.05, 3.63) is 59.6 Å². The van der Waals surface area contributed by atoms with E-state index in [0.29, 0.717) is 18.1 Å². The van der Waals surface area contributed by atoms with Crippen molar-refractivity contribution in [3.8, 4) is 0 Å². The van der Waals surface area contributed by atoms with E-state index in [1.54, 1.807) is 17.0 Å². The fraction of sp³-hybridized carbons (Fsp3) is 0.316. The average molecular weight is 425 g/mol. The van der Waals surface area contributed by atoms with E-state index in [1.807, 2.05) is 37.3 Å². The molecule has 0 radical (unpaired) electrons. The van der Waals surface area contributed by atoms with Gasteiger partial charge in [-0.25, -0.2) is 8.42 Å². The molecule has 144 valence electrons. The van der Waals surface area contributed by atoms with E-state index >= 15 is 0 Å². The molecule has 0 spiro atoms. The average Bonchev–Trinajstić information content (AvgIpc) is 2.68. The maximum atomic E-state index is 12.8. The van der Waals surface area contributed by atoms with Gasteiger partial charge in [0.1, 0.15) is 0 Å². The molecule has 1 atom stereocenters. The number of benzene rings is 2. The number of amides is 1. The first-order chi connectivity index (χ1) is 12.9. The number of carbonyl (C=O) groups is 1. The zero-order valence-corrected chi connectivity index (χ0v) is 17.3. The summed E-state index contributed by atoms with van der Waals surface area (Å²) in [5.74, 6) is 0.0312. The van der Waals surface area contributed by atoms with Crippen LogP contribution < -0.4 is 0 Å². The summed E-state index contributed by atoms with van der Waals surface area (Å²) in [5.41, 5.74) is 0. The number of hydrogen-bond donors (Lipinski definition) is 0. The molecule has 2 aromatic carbocycles. The summed E-state index contributed by atoms with van der Waals surface area (Å²) in [7, 11) is -3.60. The number of thioether (sulfide) groups is 1. The number of sulfonamides is 1. The molecule has 1 unspecified atom stereocenters. The lowest BCUT2D eigenvalue weighted by Gasteiger charge is -2.35. The minimum Gasteiger partial charge on any atom is -0.339 e. The Morgan fingerprint density at radius 2 is 1.70 bits per heavy atom. The molecule has 1 fully saturated rings. The minimum atomic E-state index is -3.60. The molecule has 1 amide bonds. The zero-order valence-electron chi connectivity index (χ0n) is 14.9. The molecule has 0 N–H and O–H groups in total. The van der Waals surface area contributed by atoms with Gasteiger partial charge < -0.3 is 4.90 Å². The van der Waals surface area contributed by atoms with Crippen molar-refractivity contribution in [3.63, 3.8) is 0 Å². The van der Waals surface area contributed by atoms with Crippen LogP contribution in [0.3, 0.4) is 0 Å². The summed E-state index contributed by atoms with van der Waals surface area (Å²) in [6, 6.07) is 16.0. The molecule has 1 heterocycles. The van der Waals surface area contributed by atoms with Crippen molar-refractivity contribution in [1.29, 1.82) is 0 Å². The van der Waals surface area contributed by atoms with Gasteiger partial charge in [-0.05, 0) is 37.3 Å². The fourth-order valence-electron chi connectivity index (χ4n) is 2.94. The Kier molecular flexibility index (Phi) is 6.47. The lowest BCUT2D eigenvalue weighted by atomic mass is 10.3. The van der Waals surface area contributed by atoms with Crippen LogP contribution >= 0.6 is 23.4 Å². The van der Waals surface area contributed by atoms with E-state index in [0.717, 1.165) is 4.90 Å². The topological polar surface area (TPSA) is 57.7 Å². The first-order valence-corrected chi connectivity index (χ1v) is 11.3. The largest absolute Gasteiger partial charge is 0.339 e. The molecular formula is C19H21ClN2O3S2. The van der Waals surface area contributed by atoms with Crippen LogP contribution in [0.4, 0.5) is 0 Å². The lowest BCUT2D eigenvalue weighted by Crippen LogP contribution is -2.52. The highest BCUT2D eigenvalue weighted by Gasteiger charge is 2.31. The molecule has 0 aliphatic carbocycles. The lowest BCUT2D eigenvalue weighted by molar-refractivity contribution is -0.131. The highest BCUT2D eigenvalue weighted by molar-refractivity contribution is 8.00. The van der Waals surface area contributed by atoms with Gasteiger partial charge in [-0.1, -0.05) is 35.9 Å². The predicted molar refractivity (Wildman–Crippen MR) is 109 cm³/mol. The Balaban J connectivity index is 1.60. The Hall–Kier alpha value is -1.54. The first kappa shape index (κ1) is 20.2. The summed E-state index contributed by atoms with van der Waals surface area (Å²) in [6.07, 6.45) is 0. The Morgan fingerprint density at radius 3 is 2.33 bits per heavy atom. The summed E-state index contributed by atoms with van der Waals surface area (Å²) in [4.78, 5) is 15.7. The van der Waals surface area contributed by atoms with E-state index in [4.69, 9.17) is 11.6 Å². The molecule has 8 heteroatoms. The van der Waals surface area contributed by atoms with E-state index in [1.165, 1.54) is 28.2 Å². The summed E-state index contributed by atoms with van der Waals surface area (Å²) in [5, 5.41) is 0.167. The van der Waals surface area contributed by atoms with Crippen LogP contribution in [0.1, 0.15) is 6.92 Å². The van der Waals surface area contributed by atoms with Gasteiger partial charge in [-0.3, -0.25) is 4.79 Å². The summed E-state index contributed by atoms with van der Waals surface area (Å²) in [6.45, 7) is 3.22. The number of carbonyl (C=O) groups excluding carboxylic acids is 1. The first-order valence-electron chi connectivity index (χ1n) is 8.64. The van der Waals surface area contributed by atoms with Gasteiger partial charge in [0.2, 0.25) is 15.9 Å². The second-order valence-electron chi connectivity index (χ2n) is 6.26. The molecule has 5 nitrogen and oxygen atoms in total. The predicted octanol–water partition coefficient (Wildman–Crippen LogP) is 3.35. The number of rotatable bonds is 5. The van der Waals surface area contributed by atoms with E-state index in [2.05, 4.69) is 0 Å². The van der Waals surface area contributed by atoms with Crippen molar-refractivity contribution < 1.29 is 13.2 Å². The number of nitrogens with zero attached hydrogens (tertiary/aromatic N) is 2. The third-order valence-electron chi connectivity index (χ3n) is 4.39. The smallest absolute Gasteiger partial charge is 0.243 e. The van der Waals surface area contributed by atoms with Gasteiger partial charge in [-0.2, -0.15) is 4.31 Å². The Morgan fingerprint density at radius 1 is 1.04 bits per heavy atom. The summed E-state index contributed by atoms with van der Waals surface area (Å²) < 4.78 is 26.9. The number of hydrogen-bond acceptors (Lipinski definition) is 4. The SMILES string of the molecule is CC(Sc1ccccc1)C(=O)N1CCN(S(=O)(=O)c2cccc(Cl)c2)CC1. The highest BCUT2D eigenvalue weighted by Crippen LogP contribution is 2.25. The van der Waals surface area contributed by atoms with Crippen LogP contribution in [0, 0.1) is 0 Å². The Bertz CT molecular complexity index is 898. The molecule has 1 saturated heterocycles. The van der Waals surface area contributed by atoms with Crippen molar-refractivity contribution in [2.24, 2.45) is 0 Å². The van der Waals surface area contributed by atoms with Crippen molar-refractivity contribution >= 4 is 39.3 Å². The normalized spacial score (nSPS) is 16.9. The standard InChI is InChI=1S/C19H21ClN2O3S2/c1-15(26-17-7-3-2-4-8-17)19(23)21-10-12-22(13-11-21)27(24,25)18-9-5-6-16(20)14-18/h2-9,14-15H,10-13H2,1H3. The van der Waals surface area contributed by atoms with Gasteiger partial charge >= 0.3 is 0 Å². The van der Waals surface area contributed by atoms with Crippen molar-refractivity contribution in [2.75, 3.05) is 26.2 Å². The summed E-state index contributed by atoms with van der Waals surface area (Å²) >= 11 is 7.43. The Labute approximate surface area is 169 Å². The monoisotopic (exact) mass is 424 g/mol. The van der Waals surface area contributed by atoms with Crippen LogP contribution in [0.5, 0.6) is 0 Å². The van der Waals surface area contributed by atoms with Gasteiger partial charge in [-0.15, -0.1) is 11.8 Å². The highest BCUT2D eigenvalue weighted by atomic mass is 35.5. The van der Waals surface area contributed by atoms with E-state index in [-0.39, 0.29) is 29.1 Å². The third-order valence-corrected chi connectivity index (χ3v) is 7.62. The second-order valence-corrected chi connectivity index (χ2v) is 10.0. The molecule has 1 aliphatic rings. The van der Waals surface area contributed by atoms with Crippen LogP contribution in [0.15, 0.2) is 64.4 Å². The molecule has 0 bridgehead atoms. The van der Waals surface area contributed by atoms with Gasteiger partial charge in [0, 0.05) is 36.1 Å². The maximum Gasteiger partial charge on any atom is 0.243 e.